The number of halogens is 2. The van der Waals surface area contributed by atoms with Gasteiger partial charge in [0.1, 0.15) is 17.7 Å². The number of hydrogen-bond donors (Lipinski definition) is 2. The predicted molar refractivity (Wildman–Crippen MR) is 107 cm³/mol. The highest BCUT2D eigenvalue weighted by atomic mass is 35.5. The molecular formula is C20H21ClFN5O2. The van der Waals surface area contributed by atoms with Gasteiger partial charge in [-0.05, 0) is 18.6 Å². The molecule has 2 aliphatic rings. The van der Waals surface area contributed by atoms with Crippen molar-refractivity contribution < 1.29 is 14.0 Å². The van der Waals surface area contributed by atoms with Gasteiger partial charge >= 0.3 is 0 Å². The van der Waals surface area contributed by atoms with Crippen LogP contribution in [-0.4, -0.2) is 51.6 Å². The van der Waals surface area contributed by atoms with Gasteiger partial charge in [-0.3, -0.25) is 9.59 Å². The number of nitrogens with zero attached hydrogens (tertiary/aromatic N) is 3. The van der Waals surface area contributed by atoms with Gasteiger partial charge in [-0.15, -0.1) is 0 Å². The molecule has 7 nitrogen and oxygen atoms in total. The van der Waals surface area contributed by atoms with Crippen molar-refractivity contribution in [2.75, 3.05) is 18.4 Å². The third-order valence-corrected chi connectivity index (χ3v) is 5.44. The maximum absolute atomic E-state index is 13.2. The monoisotopic (exact) mass is 417 g/mol. The van der Waals surface area contributed by atoms with Crippen LogP contribution in [0, 0.1) is 0 Å². The summed E-state index contributed by atoms with van der Waals surface area (Å²) >= 11 is 6.10. The second-order valence-corrected chi connectivity index (χ2v) is 7.52. The number of imidazole rings is 1. The molecule has 152 valence electrons. The first-order chi connectivity index (χ1) is 14.0. The molecule has 2 atom stereocenters. The fourth-order valence-electron chi connectivity index (χ4n) is 3.55. The Hall–Kier alpha value is -2.71. The molecule has 29 heavy (non-hydrogen) atoms. The van der Waals surface area contributed by atoms with E-state index in [9.17, 15) is 14.0 Å². The molecule has 0 radical (unpaired) electrons. The van der Waals surface area contributed by atoms with E-state index in [1.165, 1.54) is 12.3 Å². The summed E-state index contributed by atoms with van der Waals surface area (Å²) in [5.41, 5.74) is 0.954. The molecule has 1 aromatic carbocycles. The number of benzene rings is 1. The van der Waals surface area contributed by atoms with Gasteiger partial charge in [0.2, 0.25) is 5.91 Å². The van der Waals surface area contributed by atoms with E-state index in [1.54, 1.807) is 35.2 Å². The molecule has 1 aromatic heterocycles. The number of aromatic nitrogens is 2. The Morgan fingerprint density at radius 1 is 1.31 bits per heavy atom. The molecular weight excluding hydrogens is 397 g/mol. The average molecular weight is 418 g/mol. The van der Waals surface area contributed by atoms with Crippen molar-refractivity contribution in [2.45, 2.75) is 31.7 Å². The molecule has 1 unspecified atom stereocenters. The second-order valence-electron chi connectivity index (χ2n) is 7.11. The summed E-state index contributed by atoms with van der Waals surface area (Å²) in [6.45, 7) is 1.56. The third-order valence-electron chi connectivity index (χ3n) is 5.11. The molecule has 2 aromatic rings. The van der Waals surface area contributed by atoms with Gasteiger partial charge in [0, 0.05) is 31.8 Å². The van der Waals surface area contributed by atoms with E-state index in [2.05, 4.69) is 15.6 Å². The highest BCUT2D eigenvalue weighted by Crippen LogP contribution is 2.22. The van der Waals surface area contributed by atoms with Crippen LogP contribution in [0.2, 0.25) is 5.02 Å². The van der Waals surface area contributed by atoms with E-state index in [0.29, 0.717) is 54.8 Å². The maximum atomic E-state index is 13.2. The normalized spacial score (nSPS) is 21.4. The summed E-state index contributed by atoms with van der Waals surface area (Å²) in [6, 6.07) is 6.90. The smallest absolute Gasteiger partial charge is 0.273 e. The molecule has 2 N–H and O–H groups in total. The summed E-state index contributed by atoms with van der Waals surface area (Å²) in [5, 5.41) is 6.26. The van der Waals surface area contributed by atoms with Crippen LogP contribution >= 0.6 is 11.6 Å². The number of fused-ring (bicyclic) bond motifs is 1. The summed E-state index contributed by atoms with van der Waals surface area (Å²) in [4.78, 5) is 31.1. The minimum atomic E-state index is -0.863. The Bertz CT molecular complexity index is 960. The van der Waals surface area contributed by atoms with Gasteiger partial charge in [0.25, 0.3) is 5.91 Å². The van der Waals surface area contributed by atoms with Gasteiger partial charge in [-0.1, -0.05) is 29.8 Å². The Morgan fingerprint density at radius 2 is 2.14 bits per heavy atom. The summed E-state index contributed by atoms with van der Waals surface area (Å²) < 4.78 is 15.0. The zero-order valence-electron chi connectivity index (χ0n) is 15.6. The highest BCUT2D eigenvalue weighted by Gasteiger charge is 2.26. The molecule has 2 aliphatic heterocycles. The molecule has 2 amide bonds. The molecule has 0 aliphatic carbocycles. The van der Waals surface area contributed by atoms with Gasteiger partial charge in [0.15, 0.2) is 0 Å². The SMILES string of the molecule is O=C(Nc1ccccc1Cl)c1cnc2n1CCN(C(=O)/C=C/C1C[C@@H](F)CN1)C2. The maximum Gasteiger partial charge on any atom is 0.273 e. The zero-order valence-corrected chi connectivity index (χ0v) is 16.4. The largest absolute Gasteiger partial charge is 0.330 e. The van der Waals surface area contributed by atoms with E-state index in [1.807, 2.05) is 4.57 Å². The lowest BCUT2D eigenvalue weighted by atomic mass is 10.2. The summed E-state index contributed by atoms with van der Waals surface area (Å²) in [6.07, 6.45) is 4.23. The molecule has 3 heterocycles. The Morgan fingerprint density at radius 3 is 2.90 bits per heavy atom. The summed E-state index contributed by atoms with van der Waals surface area (Å²) in [5.74, 6) is 0.195. The first kappa shape index (κ1) is 19.6. The number of rotatable bonds is 4. The van der Waals surface area contributed by atoms with Crippen LogP contribution in [0.5, 0.6) is 0 Å². The van der Waals surface area contributed by atoms with Crippen molar-refractivity contribution in [3.05, 3.63) is 59.2 Å². The number of amides is 2. The minimum absolute atomic E-state index is 0.110. The van der Waals surface area contributed by atoms with Crippen molar-refractivity contribution in [1.82, 2.24) is 19.8 Å². The van der Waals surface area contributed by atoms with Crippen LogP contribution in [0.25, 0.3) is 0 Å². The number of nitrogens with one attached hydrogen (secondary N) is 2. The molecule has 1 fully saturated rings. The third kappa shape index (κ3) is 4.33. The first-order valence-electron chi connectivity index (χ1n) is 9.46. The average Bonchev–Trinajstić information content (AvgIpc) is 3.33. The quantitative estimate of drug-likeness (QED) is 0.749. The molecule has 4 rings (SSSR count). The highest BCUT2D eigenvalue weighted by molar-refractivity contribution is 6.33. The van der Waals surface area contributed by atoms with E-state index in [-0.39, 0.29) is 17.9 Å². The van der Waals surface area contributed by atoms with Crippen molar-refractivity contribution >= 4 is 29.1 Å². The number of alkyl halides is 1. The lowest BCUT2D eigenvalue weighted by Gasteiger charge is -2.27. The lowest BCUT2D eigenvalue weighted by Crippen LogP contribution is -2.38. The molecule has 0 saturated carbocycles. The number of para-hydroxylation sites is 1. The predicted octanol–water partition coefficient (Wildman–Crippen LogP) is 2.39. The van der Waals surface area contributed by atoms with Crippen molar-refractivity contribution in [1.29, 1.82) is 0 Å². The number of carbonyl (C=O) groups is 2. The van der Waals surface area contributed by atoms with Crippen molar-refractivity contribution in [3.8, 4) is 0 Å². The van der Waals surface area contributed by atoms with Gasteiger partial charge in [0.05, 0.1) is 23.5 Å². The molecule has 0 spiro atoms. The van der Waals surface area contributed by atoms with E-state index in [0.717, 1.165) is 0 Å². The summed E-state index contributed by atoms with van der Waals surface area (Å²) in [7, 11) is 0. The van der Waals surface area contributed by atoms with Crippen LogP contribution in [0.4, 0.5) is 10.1 Å². The fraction of sp³-hybridized carbons (Fsp3) is 0.350. The van der Waals surface area contributed by atoms with Gasteiger partial charge < -0.3 is 20.1 Å². The van der Waals surface area contributed by atoms with Crippen molar-refractivity contribution in [3.63, 3.8) is 0 Å². The zero-order chi connectivity index (χ0) is 20.4. The Labute approximate surface area is 172 Å². The Balaban J connectivity index is 1.40. The van der Waals surface area contributed by atoms with Crippen LogP contribution in [-0.2, 0) is 17.9 Å². The number of anilines is 1. The minimum Gasteiger partial charge on any atom is -0.330 e. The van der Waals surface area contributed by atoms with E-state index >= 15 is 0 Å². The number of carbonyl (C=O) groups excluding carboxylic acids is 2. The topological polar surface area (TPSA) is 79.3 Å². The lowest BCUT2D eigenvalue weighted by molar-refractivity contribution is -0.127. The molecule has 9 heteroatoms. The van der Waals surface area contributed by atoms with Crippen molar-refractivity contribution in [2.24, 2.45) is 0 Å². The second kappa shape index (κ2) is 8.34. The van der Waals surface area contributed by atoms with Crippen LogP contribution < -0.4 is 10.6 Å². The molecule has 0 bridgehead atoms. The van der Waals surface area contributed by atoms with E-state index < -0.39 is 6.17 Å². The van der Waals surface area contributed by atoms with Crippen LogP contribution in [0.1, 0.15) is 22.7 Å². The Kier molecular flexibility index (Phi) is 5.64. The molecule has 1 saturated heterocycles. The standard InChI is InChI=1S/C20H21ClFN5O2/c21-15-3-1-2-4-16(15)25-20(29)17-11-24-18-12-26(7-8-27(17)18)19(28)6-5-14-9-13(22)10-23-14/h1-6,11,13-14,23H,7-10,12H2,(H,25,29)/b6-5+/t13-,14?/m1/s1. The van der Waals surface area contributed by atoms with Crippen LogP contribution in [0.15, 0.2) is 42.6 Å². The fourth-order valence-corrected chi connectivity index (χ4v) is 3.73. The first-order valence-corrected chi connectivity index (χ1v) is 9.84. The van der Waals surface area contributed by atoms with Gasteiger partial charge in [-0.25, -0.2) is 9.37 Å². The van der Waals surface area contributed by atoms with E-state index in [4.69, 9.17) is 11.6 Å². The van der Waals surface area contributed by atoms with Gasteiger partial charge in [-0.2, -0.15) is 0 Å². The number of hydrogen-bond acceptors (Lipinski definition) is 4. The van der Waals surface area contributed by atoms with Crippen LogP contribution in [0.3, 0.4) is 0 Å².